The summed E-state index contributed by atoms with van der Waals surface area (Å²) in [7, 11) is 0. The van der Waals surface area contributed by atoms with Gasteiger partial charge in [-0.3, -0.25) is 0 Å². The third kappa shape index (κ3) is 2.24. The number of carboxylic acid groups (broad SMARTS) is 1. The van der Waals surface area contributed by atoms with Gasteiger partial charge in [-0.1, -0.05) is 0 Å². The summed E-state index contributed by atoms with van der Waals surface area (Å²) in [6.07, 6.45) is -5.06. The van der Waals surface area contributed by atoms with Crippen molar-refractivity contribution < 1.29 is 28.0 Å². The monoisotopic (exact) mass is 236 g/mol. The topological polar surface area (TPSA) is 93.3 Å². The largest absolute Gasteiger partial charge is 0.478 e. The van der Waals surface area contributed by atoms with Gasteiger partial charge in [0.15, 0.2) is 0 Å². The van der Waals surface area contributed by atoms with Crippen LogP contribution < -0.4 is 0 Å². The van der Waals surface area contributed by atoms with E-state index in [2.05, 4.69) is 4.98 Å². The molecule has 0 atom stereocenters. The van der Waals surface area contributed by atoms with Gasteiger partial charge >= 0.3 is 18.0 Å². The Morgan fingerprint density at radius 3 is 2.38 bits per heavy atom. The molecule has 0 aliphatic rings. The summed E-state index contributed by atoms with van der Waals surface area (Å²) in [6.45, 7) is 0. The van der Waals surface area contributed by atoms with Gasteiger partial charge < -0.3 is 15.2 Å². The molecule has 0 aliphatic heterocycles. The number of pyridine rings is 1. The molecule has 0 aromatic carbocycles. The number of rotatable bonds is 2. The molecule has 0 radical (unpaired) electrons. The summed E-state index contributed by atoms with van der Waals surface area (Å²) in [5.74, 6) is -2.91. The van der Waals surface area contributed by atoms with Crippen molar-refractivity contribution in [2.24, 2.45) is 0 Å². The number of alkyl halides is 3. The number of nitro groups is 1. The van der Waals surface area contributed by atoms with E-state index in [-0.39, 0.29) is 0 Å². The molecule has 1 aromatic rings. The van der Waals surface area contributed by atoms with Crippen LogP contribution in [0, 0.1) is 10.1 Å². The first-order valence-corrected chi connectivity index (χ1v) is 3.69. The highest BCUT2D eigenvalue weighted by atomic mass is 19.4. The van der Waals surface area contributed by atoms with Crippen LogP contribution in [0.5, 0.6) is 0 Å². The third-order valence-corrected chi connectivity index (χ3v) is 1.57. The summed E-state index contributed by atoms with van der Waals surface area (Å²) in [4.78, 5) is 22.2. The van der Waals surface area contributed by atoms with Crippen molar-refractivity contribution in [3.63, 3.8) is 0 Å². The summed E-state index contributed by atoms with van der Waals surface area (Å²) in [5.41, 5.74) is -2.91. The van der Waals surface area contributed by atoms with Crippen LogP contribution in [0.25, 0.3) is 0 Å². The number of aromatic nitrogens is 1. The molecule has 0 saturated heterocycles. The number of aromatic carboxylic acids is 1. The first kappa shape index (κ1) is 11.9. The number of nitrogens with zero attached hydrogens (tertiary/aromatic N) is 2. The van der Waals surface area contributed by atoms with Crippen molar-refractivity contribution in [2.45, 2.75) is 6.18 Å². The highest BCUT2D eigenvalue weighted by molar-refractivity contribution is 5.89. The molecule has 0 fully saturated rings. The Morgan fingerprint density at radius 1 is 1.44 bits per heavy atom. The molecular formula is C7H3F3N2O4. The fourth-order valence-electron chi connectivity index (χ4n) is 0.939. The van der Waals surface area contributed by atoms with Gasteiger partial charge in [-0.05, 0) is 16.0 Å². The quantitative estimate of drug-likeness (QED) is 0.623. The molecule has 86 valence electrons. The van der Waals surface area contributed by atoms with Gasteiger partial charge in [0.1, 0.15) is 5.56 Å². The SMILES string of the molecule is O=C(O)c1ccc([N+](=O)[O-])nc1C(F)(F)F. The van der Waals surface area contributed by atoms with E-state index in [1.807, 2.05) is 0 Å². The van der Waals surface area contributed by atoms with Crippen LogP contribution in [0.15, 0.2) is 12.1 Å². The molecule has 1 aromatic heterocycles. The summed E-state index contributed by atoms with van der Waals surface area (Å²) < 4.78 is 36.9. The molecule has 0 unspecified atom stereocenters. The van der Waals surface area contributed by atoms with Gasteiger partial charge in [0.2, 0.25) is 0 Å². The van der Waals surface area contributed by atoms with Gasteiger partial charge in [0.05, 0.1) is 0 Å². The predicted octanol–water partition coefficient (Wildman–Crippen LogP) is 1.71. The Kier molecular flexibility index (Phi) is 2.79. The number of hydrogen-bond donors (Lipinski definition) is 1. The van der Waals surface area contributed by atoms with Gasteiger partial charge in [-0.2, -0.15) is 13.2 Å². The van der Waals surface area contributed by atoms with E-state index >= 15 is 0 Å². The van der Waals surface area contributed by atoms with Crippen molar-refractivity contribution in [1.82, 2.24) is 4.98 Å². The zero-order valence-electron chi connectivity index (χ0n) is 7.35. The lowest BCUT2D eigenvalue weighted by atomic mass is 10.2. The van der Waals surface area contributed by atoms with Crippen molar-refractivity contribution in [3.05, 3.63) is 33.5 Å². The highest BCUT2D eigenvalue weighted by Gasteiger charge is 2.42. The van der Waals surface area contributed by atoms with E-state index in [1.54, 1.807) is 0 Å². The van der Waals surface area contributed by atoms with Crippen molar-refractivity contribution in [3.8, 4) is 0 Å². The minimum absolute atomic E-state index is 0.496. The van der Waals surface area contributed by atoms with E-state index in [9.17, 15) is 28.1 Å². The van der Waals surface area contributed by atoms with E-state index < -0.39 is 34.1 Å². The van der Waals surface area contributed by atoms with Crippen LogP contribution in [0.3, 0.4) is 0 Å². The fourth-order valence-corrected chi connectivity index (χ4v) is 0.939. The van der Waals surface area contributed by atoms with E-state index in [0.717, 1.165) is 0 Å². The first-order valence-electron chi connectivity index (χ1n) is 3.69. The van der Waals surface area contributed by atoms with Crippen molar-refractivity contribution >= 4 is 11.8 Å². The van der Waals surface area contributed by atoms with Crippen LogP contribution in [0.1, 0.15) is 16.1 Å². The van der Waals surface area contributed by atoms with Crippen molar-refractivity contribution in [2.75, 3.05) is 0 Å². The molecule has 9 heteroatoms. The Bertz CT molecular complexity index is 457. The molecule has 0 saturated carbocycles. The summed E-state index contributed by atoms with van der Waals surface area (Å²) in [5, 5.41) is 18.6. The normalized spacial score (nSPS) is 11.2. The minimum Gasteiger partial charge on any atom is -0.478 e. The lowest BCUT2D eigenvalue weighted by Crippen LogP contribution is -2.16. The Labute approximate surface area is 85.5 Å². The third-order valence-electron chi connectivity index (χ3n) is 1.57. The molecule has 1 N–H and O–H groups in total. The zero-order valence-corrected chi connectivity index (χ0v) is 7.35. The lowest BCUT2D eigenvalue weighted by Gasteiger charge is -2.04. The number of hydrogen-bond acceptors (Lipinski definition) is 4. The van der Waals surface area contributed by atoms with Gasteiger partial charge in [0.25, 0.3) is 5.69 Å². The van der Waals surface area contributed by atoms with Crippen LogP contribution in [-0.4, -0.2) is 21.0 Å². The smallest absolute Gasteiger partial charge is 0.458 e. The molecular weight excluding hydrogens is 233 g/mol. The summed E-state index contributed by atoms with van der Waals surface area (Å²) >= 11 is 0. The molecule has 0 spiro atoms. The average Bonchev–Trinajstić information content (AvgIpc) is 2.15. The molecule has 1 heterocycles. The molecule has 0 aliphatic carbocycles. The Morgan fingerprint density at radius 2 is 2.00 bits per heavy atom. The second-order valence-corrected chi connectivity index (χ2v) is 2.63. The van der Waals surface area contributed by atoms with Crippen molar-refractivity contribution in [1.29, 1.82) is 0 Å². The Balaban J connectivity index is 3.45. The number of halogens is 3. The molecule has 0 bridgehead atoms. The maximum atomic E-state index is 12.3. The van der Waals surface area contributed by atoms with E-state index in [4.69, 9.17) is 5.11 Å². The fraction of sp³-hybridized carbons (Fsp3) is 0.143. The van der Waals surface area contributed by atoms with Crippen LogP contribution in [0.4, 0.5) is 19.0 Å². The lowest BCUT2D eigenvalue weighted by molar-refractivity contribution is -0.390. The van der Waals surface area contributed by atoms with Gasteiger partial charge in [0, 0.05) is 6.07 Å². The van der Waals surface area contributed by atoms with Crippen LogP contribution in [0.2, 0.25) is 0 Å². The Hall–Kier alpha value is -2.19. The van der Waals surface area contributed by atoms with E-state index in [0.29, 0.717) is 12.1 Å². The average molecular weight is 236 g/mol. The zero-order chi connectivity index (χ0) is 12.5. The predicted molar refractivity (Wildman–Crippen MR) is 42.9 cm³/mol. The number of carboxylic acids is 1. The molecule has 16 heavy (non-hydrogen) atoms. The second kappa shape index (κ2) is 3.76. The second-order valence-electron chi connectivity index (χ2n) is 2.63. The molecule has 1 rings (SSSR count). The maximum Gasteiger partial charge on any atom is 0.458 e. The minimum atomic E-state index is -5.06. The van der Waals surface area contributed by atoms with Gasteiger partial charge in [-0.25, -0.2) is 4.79 Å². The first-order chi connectivity index (χ1) is 7.23. The maximum absolute atomic E-state index is 12.3. The van der Waals surface area contributed by atoms with Gasteiger partial charge in [-0.15, -0.1) is 0 Å². The standard InChI is InChI=1S/C7H3F3N2O4/c8-7(9,10)5-3(6(13)14)1-2-4(11-5)12(15)16/h1-2H,(H,13,14). The highest BCUT2D eigenvalue weighted by Crippen LogP contribution is 2.31. The van der Waals surface area contributed by atoms with Crippen LogP contribution in [-0.2, 0) is 6.18 Å². The number of carbonyl (C=O) groups is 1. The molecule has 6 nitrogen and oxygen atoms in total. The van der Waals surface area contributed by atoms with Crippen LogP contribution >= 0.6 is 0 Å². The summed E-state index contributed by atoms with van der Waals surface area (Å²) in [6, 6.07) is 1.09. The molecule has 0 amide bonds. The van der Waals surface area contributed by atoms with E-state index in [1.165, 1.54) is 0 Å².